The number of halogens is 2. The van der Waals surface area contributed by atoms with Gasteiger partial charge in [0.25, 0.3) is 0 Å². The Bertz CT molecular complexity index is 905. The summed E-state index contributed by atoms with van der Waals surface area (Å²) in [6.07, 6.45) is 2.94. The molecule has 0 saturated carbocycles. The molecular formula is C21H15ClFNO. The van der Waals surface area contributed by atoms with Gasteiger partial charge in [0.05, 0.1) is 5.02 Å². The van der Waals surface area contributed by atoms with Gasteiger partial charge in [-0.1, -0.05) is 66.2 Å². The molecule has 3 aromatic rings. The number of nitrogens with one attached hydrogen (secondary N) is 1. The van der Waals surface area contributed by atoms with Crippen molar-refractivity contribution in [3.63, 3.8) is 0 Å². The van der Waals surface area contributed by atoms with E-state index in [0.717, 1.165) is 11.1 Å². The van der Waals surface area contributed by atoms with Crippen LogP contribution < -0.4 is 5.32 Å². The van der Waals surface area contributed by atoms with Crippen LogP contribution in [-0.2, 0) is 0 Å². The number of benzene rings is 3. The zero-order valence-corrected chi connectivity index (χ0v) is 14.0. The molecule has 0 atom stereocenters. The summed E-state index contributed by atoms with van der Waals surface area (Å²) in [4.78, 5) is 12.2. The van der Waals surface area contributed by atoms with Gasteiger partial charge < -0.3 is 5.32 Å². The molecule has 0 unspecified atom stereocenters. The van der Waals surface area contributed by atoms with Crippen LogP contribution in [0, 0.1) is 5.82 Å². The van der Waals surface area contributed by atoms with E-state index in [4.69, 9.17) is 11.6 Å². The number of hydrogen-bond acceptors (Lipinski definition) is 2. The average molecular weight is 352 g/mol. The summed E-state index contributed by atoms with van der Waals surface area (Å²) in [5.74, 6) is -0.605. The Morgan fingerprint density at radius 3 is 2.28 bits per heavy atom. The van der Waals surface area contributed by atoms with Crippen molar-refractivity contribution in [1.29, 1.82) is 0 Å². The Balaban J connectivity index is 1.65. The highest BCUT2D eigenvalue weighted by Gasteiger charge is 2.03. The van der Waals surface area contributed by atoms with Crippen LogP contribution >= 0.6 is 11.6 Å². The van der Waals surface area contributed by atoms with Gasteiger partial charge in [-0.05, 0) is 29.3 Å². The Morgan fingerprint density at radius 1 is 0.920 bits per heavy atom. The van der Waals surface area contributed by atoms with E-state index in [0.29, 0.717) is 11.3 Å². The Kier molecular flexibility index (Phi) is 5.26. The first-order valence-corrected chi connectivity index (χ1v) is 8.09. The fourth-order valence-electron chi connectivity index (χ4n) is 2.35. The molecule has 0 aromatic heterocycles. The fraction of sp³-hybridized carbons (Fsp3) is 0. The summed E-state index contributed by atoms with van der Waals surface area (Å²) >= 11 is 5.71. The van der Waals surface area contributed by atoms with E-state index >= 15 is 0 Å². The first-order chi connectivity index (χ1) is 12.1. The molecule has 2 nitrogen and oxygen atoms in total. The summed E-state index contributed by atoms with van der Waals surface area (Å²) in [6, 6.07) is 21.7. The molecule has 4 heteroatoms. The summed E-state index contributed by atoms with van der Waals surface area (Å²) < 4.78 is 13.1. The van der Waals surface area contributed by atoms with Gasteiger partial charge in [-0.15, -0.1) is 0 Å². The van der Waals surface area contributed by atoms with E-state index in [-0.39, 0.29) is 10.8 Å². The molecule has 0 fully saturated rings. The number of carbonyl (C=O) groups is 1. The van der Waals surface area contributed by atoms with Crippen molar-refractivity contribution in [3.05, 3.63) is 101 Å². The third-order valence-corrected chi connectivity index (χ3v) is 3.97. The molecule has 0 aliphatic rings. The molecule has 3 rings (SSSR count). The van der Waals surface area contributed by atoms with Crippen LogP contribution in [0.5, 0.6) is 0 Å². The third-order valence-electron chi connectivity index (χ3n) is 3.68. The number of rotatable bonds is 5. The molecule has 25 heavy (non-hydrogen) atoms. The van der Waals surface area contributed by atoms with Crippen molar-refractivity contribution in [2.75, 3.05) is 5.32 Å². The van der Waals surface area contributed by atoms with Gasteiger partial charge in [-0.25, -0.2) is 4.39 Å². The minimum Gasteiger partial charge on any atom is -0.361 e. The number of allylic oxidation sites excluding steroid dienone is 1. The molecule has 0 radical (unpaired) electrons. The lowest BCUT2D eigenvalue weighted by atomic mass is 10.0. The minimum absolute atomic E-state index is 0.0289. The van der Waals surface area contributed by atoms with E-state index in [1.165, 1.54) is 24.4 Å². The number of hydrogen-bond donors (Lipinski definition) is 1. The molecule has 124 valence electrons. The van der Waals surface area contributed by atoms with Gasteiger partial charge >= 0.3 is 0 Å². The van der Waals surface area contributed by atoms with Gasteiger partial charge in [-0.3, -0.25) is 4.79 Å². The van der Waals surface area contributed by atoms with Gasteiger partial charge in [0.1, 0.15) is 5.82 Å². The lowest BCUT2D eigenvalue weighted by Gasteiger charge is -2.03. The van der Waals surface area contributed by atoms with Crippen LogP contribution in [0.1, 0.15) is 10.4 Å². The van der Waals surface area contributed by atoms with Crippen LogP contribution in [0.25, 0.3) is 11.1 Å². The fourth-order valence-corrected chi connectivity index (χ4v) is 2.53. The highest BCUT2D eigenvalue weighted by molar-refractivity contribution is 6.31. The Hall–Kier alpha value is -2.91. The highest BCUT2D eigenvalue weighted by atomic mass is 35.5. The SMILES string of the molecule is O=C(/C=C/Nc1ccc(F)c(Cl)c1)c1ccc(-c2ccccc2)cc1. The summed E-state index contributed by atoms with van der Waals surface area (Å²) in [5.41, 5.74) is 3.36. The second-order valence-corrected chi connectivity index (χ2v) is 5.82. The van der Waals surface area contributed by atoms with E-state index in [1.807, 2.05) is 42.5 Å². The Morgan fingerprint density at radius 2 is 1.60 bits per heavy atom. The van der Waals surface area contributed by atoms with Crippen LogP contribution in [-0.4, -0.2) is 5.78 Å². The number of carbonyl (C=O) groups excluding carboxylic acids is 1. The van der Waals surface area contributed by atoms with Crippen LogP contribution in [0.4, 0.5) is 10.1 Å². The second-order valence-electron chi connectivity index (χ2n) is 5.41. The molecule has 0 spiro atoms. The summed E-state index contributed by atoms with van der Waals surface area (Å²) in [6.45, 7) is 0. The van der Waals surface area contributed by atoms with E-state index in [2.05, 4.69) is 5.32 Å². The smallest absolute Gasteiger partial charge is 0.187 e. The standard InChI is InChI=1S/C21H15ClFNO/c22-19-14-18(10-11-20(19)23)24-13-12-21(25)17-8-6-16(7-9-17)15-4-2-1-3-5-15/h1-14,24H/b13-12+. The van der Waals surface area contributed by atoms with E-state index in [1.54, 1.807) is 18.2 Å². The first-order valence-electron chi connectivity index (χ1n) is 7.71. The molecule has 0 amide bonds. The van der Waals surface area contributed by atoms with E-state index < -0.39 is 5.82 Å². The zero-order chi connectivity index (χ0) is 17.6. The molecule has 0 aliphatic carbocycles. The quantitative estimate of drug-likeness (QED) is 0.454. The van der Waals surface area contributed by atoms with Crippen molar-refractivity contribution < 1.29 is 9.18 Å². The molecule has 3 aromatic carbocycles. The van der Waals surface area contributed by atoms with Crippen LogP contribution in [0.15, 0.2) is 85.1 Å². The summed E-state index contributed by atoms with van der Waals surface area (Å²) in [7, 11) is 0. The van der Waals surface area contributed by atoms with Crippen molar-refractivity contribution in [1.82, 2.24) is 0 Å². The van der Waals surface area contributed by atoms with Crippen molar-refractivity contribution >= 4 is 23.1 Å². The normalized spacial score (nSPS) is 10.8. The minimum atomic E-state index is -0.481. The van der Waals surface area contributed by atoms with Crippen LogP contribution in [0.3, 0.4) is 0 Å². The highest BCUT2D eigenvalue weighted by Crippen LogP contribution is 2.20. The molecule has 0 heterocycles. The van der Waals surface area contributed by atoms with Crippen molar-refractivity contribution in [3.8, 4) is 11.1 Å². The molecule has 0 saturated heterocycles. The lowest BCUT2D eigenvalue weighted by Crippen LogP contribution is -1.96. The molecule has 0 aliphatic heterocycles. The topological polar surface area (TPSA) is 29.1 Å². The molecule has 1 N–H and O–H groups in total. The first kappa shape index (κ1) is 16.9. The van der Waals surface area contributed by atoms with E-state index in [9.17, 15) is 9.18 Å². The third kappa shape index (κ3) is 4.34. The summed E-state index contributed by atoms with van der Waals surface area (Å²) in [5, 5.41) is 2.93. The van der Waals surface area contributed by atoms with Gasteiger partial charge in [0.15, 0.2) is 5.78 Å². The monoisotopic (exact) mass is 351 g/mol. The van der Waals surface area contributed by atoms with Gasteiger partial charge in [-0.2, -0.15) is 0 Å². The predicted molar refractivity (Wildman–Crippen MR) is 100 cm³/mol. The molecule has 0 bridgehead atoms. The Labute approximate surface area is 150 Å². The van der Waals surface area contributed by atoms with Gasteiger partial charge in [0.2, 0.25) is 0 Å². The van der Waals surface area contributed by atoms with Crippen molar-refractivity contribution in [2.45, 2.75) is 0 Å². The average Bonchev–Trinajstić information content (AvgIpc) is 2.65. The second kappa shape index (κ2) is 7.77. The maximum Gasteiger partial charge on any atom is 0.187 e. The lowest BCUT2D eigenvalue weighted by molar-refractivity contribution is 0.104. The predicted octanol–water partition coefficient (Wildman–Crippen LogP) is 5.95. The van der Waals surface area contributed by atoms with Gasteiger partial charge in [0, 0.05) is 23.5 Å². The molecular weight excluding hydrogens is 337 g/mol. The zero-order valence-electron chi connectivity index (χ0n) is 13.2. The van der Waals surface area contributed by atoms with Crippen molar-refractivity contribution in [2.24, 2.45) is 0 Å². The maximum atomic E-state index is 13.1. The van der Waals surface area contributed by atoms with Crippen LogP contribution in [0.2, 0.25) is 5.02 Å². The maximum absolute atomic E-state index is 13.1. The number of ketones is 1. The largest absolute Gasteiger partial charge is 0.361 e. The number of anilines is 1.